The highest BCUT2D eigenvalue weighted by Gasteiger charge is 2.23. The zero-order valence-corrected chi connectivity index (χ0v) is 12.8. The van der Waals surface area contributed by atoms with Gasteiger partial charge in [0.15, 0.2) is 0 Å². The Kier molecular flexibility index (Phi) is 4.00. The highest BCUT2D eigenvalue weighted by molar-refractivity contribution is 5.98. The van der Waals surface area contributed by atoms with Gasteiger partial charge >= 0.3 is 0 Å². The molecule has 1 aliphatic rings. The number of nitrogens with zero attached hydrogens (tertiary/aromatic N) is 4. The monoisotopic (exact) mass is 297 g/mol. The molecule has 1 N–H and O–H groups in total. The van der Waals surface area contributed by atoms with Crippen LogP contribution in [0.1, 0.15) is 34.4 Å². The minimum Gasteiger partial charge on any atom is -0.355 e. The first kappa shape index (κ1) is 14.4. The number of carbonyl (C=O) groups excluding carboxylic acids is 1. The van der Waals surface area contributed by atoms with E-state index in [4.69, 9.17) is 0 Å². The molecule has 0 saturated heterocycles. The van der Waals surface area contributed by atoms with Crippen LogP contribution in [0.2, 0.25) is 0 Å². The van der Waals surface area contributed by atoms with Crippen molar-refractivity contribution in [3.63, 3.8) is 0 Å². The molecule has 0 fully saturated rings. The summed E-state index contributed by atoms with van der Waals surface area (Å²) in [5, 5.41) is 2.67. The van der Waals surface area contributed by atoms with Crippen molar-refractivity contribution in [1.29, 1.82) is 0 Å². The summed E-state index contributed by atoms with van der Waals surface area (Å²) < 4.78 is 0. The smallest absolute Gasteiger partial charge is 0.254 e. The number of pyridine rings is 1. The molecule has 1 amide bonds. The third-order valence-corrected chi connectivity index (χ3v) is 3.87. The number of hydrogen-bond donors (Lipinski definition) is 1. The molecule has 6 nitrogen and oxygen atoms in total. The van der Waals surface area contributed by atoms with Crippen LogP contribution in [0.5, 0.6) is 0 Å². The lowest BCUT2D eigenvalue weighted by molar-refractivity contribution is 0.0963. The van der Waals surface area contributed by atoms with E-state index in [0.717, 1.165) is 30.9 Å². The molecule has 3 rings (SSSR count). The standard InChI is InChI=1S/C16H19N5O/c1-3-14-19-9-11-6-8-21(10-13(11)20-14)15-12(16(22)17-2)5-4-7-18-15/h4-5,7,9H,3,6,8,10H2,1-2H3,(H,17,22). The van der Waals surface area contributed by atoms with Crippen molar-refractivity contribution in [1.82, 2.24) is 20.3 Å². The van der Waals surface area contributed by atoms with Gasteiger partial charge < -0.3 is 10.2 Å². The number of carbonyl (C=O) groups is 1. The number of amides is 1. The van der Waals surface area contributed by atoms with Crippen molar-refractivity contribution in [2.45, 2.75) is 26.3 Å². The minimum absolute atomic E-state index is 0.120. The molecule has 0 aliphatic carbocycles. The van der Waals surface area contributed by atoms with Crippen LogP contribution < -0.4 is 10.2 Å². The van der Waals surface area contributed by atoms with Gasteiger partial charge in [0.05, 0.1) is 17.8 Å². The van der Waals surface area contributed by atoms with Crippen LogP contribution >= 0.6 is 0 Å². The first-order valence-electron chi connectivity index (χ1n) is 7.48. The normalized spacial score (nSPS) is 13.6. The molecular formula is C16H19N5O. The van der Waals surface area contributed by atoms with Gasteiger partial charge in [-0.1, -0.05) is 6.92 Å². The summed E-state index contributed by atoms with van der Waals surface area (Å²) in [6.07, 6.45) is 5.33. The van der Waals surface area contributed by atoms with Gasteiger partial charge in [0.2, 0.25) is 0 Å². The molecule has 0 saturated carbocycles. The molecule has 3 heterocycles. The number of anilines is 1. The van der Waals surface area contributed by atoms with Crippen molar-refractivity contribution in [3.05, 3.63) is 47.2 Å². The summed E-state index contributed by atoms with van der Waals surface area (Å²) in [6.45, 7) is 3.51. The van der Waals surface area contributed by atoms with Crippen LogP contribution in [0.15, 0.2) is 24.5 Å². The van der Waals surface area contributed by atoms with E-state index in [0.29, 0.717) is 17.9 Å². The van der Waals surface area contributed by atoms with E-state index < -0.39 is 0 Å². The predicted octanol–water partition coefficient (Wildman–Crippen LogP) is 1.36. The maximum absolute atomic E-state index is 12.0. The van der Waals surface area contributed by atoms with E-state index in [-0.39, 0.29) is 5.91 Å². The highest BCUT2D eigenvalue weighted by atomic mass is 16.1. The predicted molar refractivity (Wildman–Crippen MR) is 83.8 cm³/mol. The van der Waals surface area contributed by atoms with Crippen LogP contribution in [-0.4, -0.2) is 34.5 Å². The molecule has 6 heteroatoms. The van der Waals surface area contributed by atoms with Gasteiger partial charge in [-0.25, -0.2) is 15.0 Å². The van der Waals surface area contributed by atoms with E-state index in [1.807, 2.05) is 13.1 Å². The fourth-order valence-electron chi connectivity index (χ4n) is 2.66. The van der Waals surface area contributed by atoms with Crippen molar-refractivity contribution in [2.75, 3.05) is 18.5 Å². The van der Waals surface area contributed by atoms with Crippen molar-refractivity contribution in [2.24, 2.45) is 0 Å². The SMILES string of the molecule is CCc1ncc2c(n1)CN(c1ncccc1C(=O)NC)CC2. The Morgan fingerprint density at radius 1 is 1.41 bits per heavy atom. The molecule has 2 aromatic rings. The van der Waals surface area contributed by atoms with Gasteiger partial charge in [-0.15, -0.1) is 0 Å². The zero-order valence-electron chi connectivity index (χ0n) is 12.8. The largest absolute Gasteiger partial charge is 0.355 e. The zero-order chi connectivity index (χ0) is 15.5. The summed E-state index contributed by atoms with van der Waals surface area (Å²) in [6, 6.07) is 3.58. The number of rotatable bonds is 3. The lowest BCUT2D eigenvalue weighted by atomic mass is 10.1. The molecule has 0 unspecified atom stereocenters. The Morgan fingerprint density at radius 3 is 3.05 bits per heavy atom. The summed E-state index contributed by atoms with van der Waals surface area (Å²) in [7, 11) is 1.63. The molecular weight excluding hydrogens is 278 g/mol. The van der Waals surface area contributed by atoms with Crippen LogP contribution in [0.25, 0.3) is 0 Å². The molecule has 0 bridgehead atoms. The molecule has 2 aromatic heterocycles. The lowest BCUT2D eigenvalue weighted by Gasteiger charge is -2.30. The molecule has 1 aliphatic heterocycles. The van der Waals surface area contributed by atoms with Crippen LogP contribution in [-0.2, 0) is 19.4 Å². The Labute approximate surface area is 129 Å². The first-order chi connectivity index (χ1) is 10.7. The Balaban J connectivity index is 1.93. The second-order valence-corrected chi connectivity index (χ2v) is 5.24. The average molecular weight is 297 g/mol. The van der Waals surface area contributed by atoms with Gasteiger partial charge in [0.1, 0.15) is 11.6 Å². The van der Waals surface area contributed by atoms with Crippen molar-refractivity contribution in [3.8, 4) is 0 Å². The third kappa shape index (κ3) is 2.64. The lowest BCUT2D eigenvalue weighted by Crippen LogP contribution is -2.34. The summed E-state index contributed by atoms with van der Waals surface area (Å²) in [4.78, 5) is 27.5. The topological polar surface area (TPSA) is 71.0 Å². The fourth-order valence-corrected chi connectivity index (χ4v) is 2.66. The molecule has 0 atom stereocenters. The Morgan fingerprint density at radius 2 is 2.27 bits per heavy atom. The molecule has 0 spiro atoms. The number of fused-ring (bicyclic) bond motifs is 1. The second kappa shape index (κ2) is 6.09. The van der Waals surface area contributed by atoms with Crippen LogP contribution in [0, 0.1) is 0 Å². The molecule has 22 heavy (non-hydrogen) atoms. The molecule has 0 radical (unpaired) electrons. The molecule has 114 valence electrons. The first-order valence-corrected chi connectivity index (χ1v) is 7.48. The van der Waals surface area contributed by atoms with Crippen molar-refractivity contribution >= 4 is 11.7 Å². The number of aryl methyl sites for hydroxylation is 1. The van der Waals surface area contributed by atoms with Gasteiger partial charge in [0, 0.05) is 32.4 Å². The number of nitrogens with one attached hydrogen (secondary N) is 1. The fraction of sp³-hybridized carbons (Fsp3) is 0.375. The third-order valence-electron chi connectivity index (χ3n) is 3.87. The number of hydrogen-bond acceptors (Lipinski definition) is 5. The average Bonchev–Trinajstić information content (AvgIpc) is 2.60. The van der Waals surface area contributed by atoms with Crippen LogP contribution in [0.3, 0.4) is 0 Å². The summed E-state index contributed by atoms with van der Waals surface area (Å²) >= 11 is 0. The van der Waals surface area contributed by atoms with E-state index in [2.05, 4.69) is 25.2 Å². The quantitative estimate of drug-likeness (QED) is 0.926. The van der Waals surface area contributed by atoms with E-state index in [9.17, 15) is 4.79 Å². The maximum Gasteiger partial charge on any atom is 0.254 e. The van der Waals surface area contributed by atoms with Gasteiger partial charge in [0.25, 0.3) is 5.91 Å². The van der Waals surface area contributed by atoms with Gasteiger partial charge in [-0.05, 0) is 24.1 Å². The van der Waals surface area contributed by atoms with Gasteiger partial charge in [-0.3, -0.25) is 4.79 Å². The number of aromatic nitrogens is 3. The van der Waals surface area contributed by atoms with E-state index >= 15 is 0 Å². The Bertz CT molecular complexity index is 701. The Hall–Kier alpha value is -2.50. The summed E-state index contributed by atoms with van der Waals surface area (Å²) in [5.74, 6) is 1.45. The molecule has 0 aromatic carbocycles. The minimum atomic E-state index is -0.120. The van der Waals surface area contributed by atoms with Crippen molar-refractivity contribution < 1.29 is 4.79 Å². The second-order valence-electron chi connectivity index (χ2n) is 5.24. The van der Waals surface area contributed by atoms with Gasteiger partial charge in [-0.2, -0.15) is 0 Å². The maximum atomic E-state index is 12.0. The van der Waals surface area contributed by atoms with Crippen LogP contribution in [0.4, 0.5) is 5.82 Å². The highest BCUT2D eigenvalue weighted by Crippen LogP contribution is 2.24. The van der Waals surface area contributed by atoms with E-state index in [1.165, 1.54) is 5.56 Å². The van der Waals surface area contributed by atoms with E-state index in [1.54, 1.807) is 25.4 Å². The summed E-state index contributed by atoms with van der Waals surface area (Å²) in [5.41, 5.74) is 2.82.